The number of anilines is 1. The van der Waals surface area contributed by atoms with E-state index in [9.17, 15) is 18.0 Å². The highest BCUT2D eigenvalue weighted by Crippen LogP contribution is 2.24. The second kappa shape index (κ2) is 9.65. The van der Waals surface area contributed by atoms with Gasteiger partial charge in [0.25, 0.3) is 15.9 Å². The van der Waals surface area contributed by atoms with Crippen LogP contribution in [0.5, 0.6) is 0 Å². The van der Waals surface area contributed by atoms with Crippen LogP contribution in [0.15, 0.2) is 83.8 Å². The molecule has 7 nitrogen and oxygen atoms in total. The van der Waals surface area contributed by atoms with Crippen molar-refractivity contribution >= 4 is 27.5 Å². The number of rotatable bonds is 8. The number of benzene rings is 3. The van der Waals surface area contributed by atoms with Crippen molar-refractivity contribution in [1.82, 2.24) is 4.90 Å². The van der Waals surface area contributed by atoms with Crippen molar-refractivity contribution in [3.8, 4) is 0 Å². The highest BCUT2D eigenvalue weighted by atomic mass is 32.2. The molecule has 0 aromatic heterocycles. The van der Waals surface area contributed by atoms with E-state index in [0.29, 0.717) is 11.3 Å². The second-order valence-electron chi connectivity index (χ2n) is 7.26. The highest BCUT2D eigenvalue weighted by molar-refractivity contribution is 7.92. The Morgan fingerprint density at radius 1 is 0.875 bits per heavy atom. The van der Waals surface area contributed by atoms with Crippen LogP contribution in [0.3, 0.4) is 0 Å². The maximum absolute atomic E-state index is 13.3. The normalized spacial score (nSPS) is 11.1. The van der Waals surface area contributed by atoms with Crippen LogP contribution < -0.4 is 10.0 Å². The summed E-state index contributed by atoms with van der Waals surface area (Å²) in [6, 6.07) is 21.5. The van der Waals surface area contributed by atoms with Gasteiger partial charge in [0.05, 0.1) is 10.6 Å². The number of hydrogen-bond acceptors (Lipinski definition) is 4. The van der Waals surface area contributed by atoms with E-state index in [2.05, 4.69) is 0 Å². The minimum Gasteiger partial charge on any atom is -0.366 e. The molecule has 166 valence electrons. The third-order valence-corrected chi connectivity index (χ3v) is 6.88. The Bertz CT molecular complexity index is 1230. The van der Waals surface area contributed by atoms with Crippen LogP contribution in [0.4, 0.5) is 5.69 Å². The summed E-state index contributed by atoms with van der Waals surface area (Å²) >= 11 is 0. The Kier molecular flexibility index (Phi) is 6.95. The molecule has 0 heterocycles. The molecule has 0 radical (unpaired) electrons. The molecular weight excluding hydrogens is 426 g/mol. The SMILES string of the molecule is CCN(c1ccccc1)S(=O)(=O)c1cccc(C(=O)N(C)Cc2cccc(C(N)=O)c2)c1. The summed E-state index contributed by atoms with van der Waals surface area (Å²) in [5.74, 6) is -0.882. The molecule has 8 heteroatoms. The first-order chi connectivity index (χ1) is 15.2. The predicted octanol–water partition coefficient (Wildman–Crippen LogP) is 3.27. The summed E-state index contributed by atoms with van der Waals surface area (Å²) in [6.07, 6.45) is 0. The zero-order valence-corrected chi connectivity index (χ0v) is 18.7. The number of sulfonamides is 1. The smallest absolute Gasteiger partial charge is 0.264 e. The largest absolute Gasteiger partial charge is 0.366 e. The first-order valence-corrected chi connectivity index (χ1v) is 11.5. The average molecular weight is 452 g/mol. The minimum atomic E-state index is -3.85. The fraction of sp³-hybridized carbons (Fsp3) is 0.167. The van der Waals surface area contributed by atoms with Crippen LogP contribution >= 0.6 is 0 Å². The fourth-order valence-electron chi connectivity index (χ4n) is 3.39. The third kappa shape index (κ3) is 4.97. The maximum atomic E-state index is 13.3. The quantitative estimate of drug-likeness (QED) is 0.568. The van der Waals surface area contributed by atoms with Gasteiger partial charge in [0, 0.05) is 31.3 Å². The lowest BCUT2D eigenvalue weighted by molar-refractivity contribution is 0.0785. The van der Waals surface area contributed by atoms with E-state index < -0.39 is 15.9 Å². The molecule has 0 saturated carbocycles. The van der Waals surface area contributed by atoms with Crippen molar-refractivity contribution in [2.24, 2.45) is 5.73 Å². The summed E-state index contributed by atoms with van der Waals surface area (Å²) in [5, 5.41) is 0. The zero-order chi connectivity index (χ0) is 23.3. The van der Waals surface area contributed by atoms with Gasteiger partial charge in [-0.25, -0.2) is 8.42 Å². The molecule has 0 atom stereocenters. The van der Waals surface area contributed by atoms with Gasteiger partial charge >= 0.3 is 0 Å². The van der Waals surface area contributed by atoms with Crippen molar-refractivity contribution in [2.45, 2.75) is 18.4 Å². The molecule has 2 N–H and O–H groups in total. The predicted molar refractivity (Wildman–Crippen MR) is 124 cm³/mol. The molecule has 3 aromatic carbocycles. The molecule has 0 bridgehead atoms. The molecule has 2 amide bonds. The third-order valence-electron chi connectivity index (χ3n) is 4.98. The standard InChI is InChI=1S/C24H25N3O4S/c1-3-27(21-12-5-4-6-13-21)32(30,31)22-14-8-11-20(16-22)24(29)26(2)17-18-9-7-10-19(15-18)23(25)28/h4-16H,3,17H2,1-2H3,(H2,25,28). The Morgan fingerprint density at radius 3 is 2.19 bits per heavy atom. The van der Waals surface area contributed by atoms with Crippen LogP contribution in [0.1, 0.15) is 33.2 Å². The number of primary amides is 1. The molecule has 0 spiro atoms. The van der Waals surface area contributed by atoms with E-state index in [1.54, 1.807) is 74.6 Å². The lowest BCUT2D eigenvalue weighted by atomic mass is 10.1. The van der Waals surface area contributed by atoms with Crippen LogP contribution in [-0.2, 0) is 16.6 Å². The van der Waals surface area contributed by atoms with Crippen LogP contribution in [0.2, 0.25) is 0 Å². The number of carbonyl (C=O) groups excluding carboxylic acids is 2. The lowest BCUT2D eigenvalue weighted by Crippen LogP contribution is -2.31. The number of carbonyl (C=O) groups is 2. The number of para-hydroxylation sites is 1. The van der Waals surface area contributed by atoms with Gasteiger partial charge in [-0.2, -0.15) is 0 Å². The van der Waals surface area contributed by atoms with Crippen molar-refractivity contribution in [3.63, 3.8) is 0 Å². The number of nitrogens with zero attached hydrogens (tertiary/aromatic N) is 2. The van der Waals surface area contributed by atoms with Crippen molar-refractivity contribution in [2.75, 3.05) is 17.9 Å². The van der Waals surface area contributed by atoms with E-state index in [1.807, 2.05) is 6.07 Å². The van der Waals surface area contributed by atoms with Crippen LogP contribution in [-0.4, -0.2) is 38.7 Å². The molecule has 0 unspecified atom stereocenters. The van der Waals surface area contributed by atoms with Gasteiger partial charge in [0.2, 0.25) is 5.91 Å². The zero-order valence-electron chi connectivity index (χ0n) is 17.9. The van der Waals surface area contributed by atoms with Crippen LogP contribution in [0, 0.1) is 0 Å². The first-order valence-electron chi connectivity index (χ1n) is 10.1. The summed E-state index contributed by atoms with van der Waals surface area (Å²) in [4.78, 5) is 25.9. The van der Waals surface area contributed by atoms with E-state index >= 15 is 0 Å². The average Bonchev–Trinajstić information content (AvgIpc) is 2.79. The fourth-order valence-corrected chi connectivity index (χ4v) is 4.91. The molecular formula is C24H25N3O4S. The second-order valence-corrected chi connectivity index (χ2v) is 9.12. The maximum Gasteiger partial charge on any atom is 0.264 e. The molecule has 0 aliphatic rings. The first kappa shape index (κ1) is 23.0. The van der Waals surface area contributed by atoms with Gasteiger partial charge in [-0.15, -0.1) is 0 Å². The van der Waals surface area contributed by atoms with Crippen LogP contribution in [0.25, 0.3) is 0 Å². The van der Waals surface area contributed by atoms with Gasteiger partial charge in [-0.1, -0.05) is 36.4 Å². The minimum absolute atomic E-state index is 0.0400. The molecule has 32 heavy (non-hydrogen) atoms. The van der Waals surface area contributed by atoms with Crippen molar-refractivity contribution in [3.05, 3.63) is 95.6 Å². The Labute approximate surface area is 188 Å². The Hall–Kier alpha value is -3.65. The summed E-state index contributed by atoms with van der Waals surface area (Å²) in [7, 11) is -2.23. The van der Waals surface area contributed by atoms with E-state index in [0.717, 1.165) is 5.56 Å². The topological polar surface area (TPSA) is 101 Å². The molecule has 3 rings (SSSR count). The summed E-state index contributed by atoms with van der Waals surface area (Å²) in [6.45, 7) is 2.25. The molecule has 0 aliphatic heterocycles. The van der Waals surface area contributed by atoms with E-state index in [1.165, 1.54) is 21.3 Å². The van der Waals surface area contributed by atoms with Gasteiger partial charge in [0.15, 0.2) is 0 Å². The van der Waals surface area contributed by atoms with Gasteiger partial charge in [0.1, 0.15) is 0 Å². The summed E-state index contributed by atoms with van der Waals surface area (Å²) in [5.41, 5.74) is 7.22. The lowest BCUT2D eigenvalue weighted by Gasteiger charge is -2.23. The van der Waals surface area contributed by atoms with E-state index in [-0.39, 0.29) is 29.5 Å². The van der Waals surface area contributed by atoms with E-state index in [4.69, 9.17) is 5.73 Å². The molecule has 3 aromatic rings. The Balaban J connectivity index is 1.85. The molecule has 0 saturated heterocycles. The number of nitrogens with two attached hydrogens (primary N) is 1. The van der Waals surface area contributed by atoms with Crippen molar-refractivity contribution in [1.29, 1.82) is 0 Å². The van der Waals surface area contributed by atoms with Gasteiger partial charge in [-0.05, 0) is 55.0 Å². The van der Waals surface area contributed by atoms with Gasteiger partial charge in [-0.3, -0.25) is 13.9 Å². The summed E-state index contributed by atoms with van der Waals surface area (Å²) < 4.78 is 27.8. The molecule has 0 fully saturated rings. The Morgan fingerprint density at radius 2 is 1.53 bits per heavy atom. The number of hydrogen-bond donors (Lipinski definition) is 1. The van der Waals surface area contributed by atoms with Gasteiger partial charge < -0.3 is 10.6 Å². The highest BCUT2D eigenvalue weighted by Gasteiger charge is 2.25. The molecule has 0 aliphatic carbocycles. The van der Waals surface area contributed by atoms with Crippen molar-refractivity contribution < 1.29 is 18.0 Å². The monoisotopic (exact) mass is 451 g/mol. The number of amides is 2.